The van der Waals surface area contributed by atoms with Gasteiger partial charge in [0, 0.05) is 41.1 Å². The number of fused-ring (bicyclic) bond motifs is 1. The Hall–Kier alpha value is -2.30. The second-order valence-corrected chi connectivity index (χ2v) is 7.75. The SMILES string of the molecule is CC1CCc2c(ccc(/C(C=N)=C/N)c2OC2CCC2)N1C(=O)C1CC1. The van der Waals surface area contributed by atoms with E-state index in [1.807, 2.05) is 17.0 Å². The predicted molar refractivity (Wildman–Crippen MR) is 104 cm³/mol. The number of carbonyl (C=O) groups excluding carboxylic acids is 1. The van der Waals surface area contributed by atoms with Crippen LogP contribution in [0.3, 0.4) is 0 Å². The number of rotatable bonds is 5. The molecule has 1 amide bonds. The third-order valence-electron chi connectivity index (χ3n) is 5.89. The van der Waals surface area contributed by atoms with Gasteiger partial charge in [-0.1, -0.05) is 0 Å². The molecule has 0 bridgehead atoms. The number of carbonyl (C=O) groups is 1. The zero-order valence-corrected chi connectivity index (χ0v) is 15.3. The second kappa shape index (κ2) is 6.78. The summed E-state index contributed by atoms with van der Waals surface area (Å²) >= 11 is 0. The molecule has 138 valence electrons. The molecule has 0 radical (unpaired) electrons. The molecule has 0 aromatic heterocycles. The Labute approximate surface area is 154 Å². The van der Waals surface area contributed by atoms with Crippen LogP contribution < -0.4 is 15.4 Å². The summed E-state index contributed by atoms with van der Waals surface area (Å²) in [5.74, 6) is 1.27. The lowest BCUT2D eigenvalue weighted by Crippen LogP contribution is -2.43. The van der Waals surface area contributed by atoms with Crippen LogP contribution in [0.1, 0.15) is 56.6 Å². The number of benzene rings is 1. The van der Waals surface area contributed by atoms with Crippen LogP contribution in [0.5, 0.6) is 5.75 Å². The van der Waals surface area contributed by atoms with Crippen molar-refractivity contribution in [1.82, 2.24) is 0 Å². The van der Waals surface area contributed by atoms with Gasteiger partial charge >= 0.3 is 0 Å². The molecule has 1 atom stereocenters. The van der Waals surface area contributed by atoms with E-state index in [0.717, 1.165) is 61.1 Å². The summed E-state index contributed by atoms with van der Waals surface area (Å²) in [6.45, 7) is 2.13. The van der Waals surface area contributed by atoms with Crippen molar-refractivity contribution in [3.8, 4) is 5.75 Å². The maximum Gasteiger partial charge on any atom is 0.230 e. The van der Waals surface area contributed by atoms with Crippen LogP contribution in [0.25, 0.3) is 5.57 Å². The first-order valence-corrected chi connectivity index (χ1v) is 9.72. The largest absolute Gasteiger partial charge is 0.489 e. The number of hydrogen-bond donors (Lipinski definition) is 2. The third kappa shape index (κ3) is 2.89. The van der Waals surface area contributed by atoms with E-state index in [2.05, 4.69) is 6.92 Å². The number of nitrogens with two attached hydrogens (primary N) is 1. The first-order valence-electron chi connectivity index (χ1n) is 9.72. The van der Waals surface area contributed by atoms with Crippen LogP contribution in [-0.4, -0.2) is 24.3 Å². The summed E-state index contributed by atoms with van der Waals surface area (Å²) < 4.78 is 6.37. The molecule has 1 aromatic rings. The normalized spacial score (nSPS) is 23.2. The second-order valence-electron chi connectivity index (χ2n) is 7.75. The number of nitrogens with one attached hydrogen (secondary N) is 1. The lowest BCUT2D eigenvalue weighted by molar-refractivity contribution is -0.120. The monoisotopic (exact) mass is 353 g/mol. The Bertz CT molecular complexity index is 763. The molecular formula is C21H27N3O2. The van der Waals surface area contributed by atoms with Crippen LogP contribution in [0.15, 0.2) is 18.3 Å². The molecule has 3 aliphatic rings. The van der Waals surface area contributed by atoms with Gasteiger partial charge in [-0.25, -0.2) is 0 Å². The summed E-state index contributed by atoms with van der Waals surface area (Å²) in [5, 5.41) is 7.69. The zero-order valence-electron chi connectivity index (χ0n) is 15.3. The van der Waals surface area contributed by atoms with E-state index in [9.17, 15) is 4.79 Å². The van der Waals surface area contributed by atoms with Crippen molar-refractivity contribution in [3.05, 3.63) is 29.5 Å². The maximum absolute atomic E-state index is 12.9. The predicted octanol–water partition coefficient (Wildman–Crippen LogP) is 3.64. The summed E-state index contributed by atoms with van der Waals surface area (Å²) in [6, 6.07) is 4.19. The Morgan fingerprint density at radius 2 is 2.04 bits per heavy atom. The van der Waals surface area contributed by atoms with E-state index >= 15 is 0 Å². The minimum Gasteiger partial charge on any atom is -0.489 e. The van der Waals surface area contributed by atoms with Crippen LogP contribution in [-0.2, 0) is 11.2 Å². The van der Waals surface area contributed by atoms with E-state index in [4.69, 9.17) is 15.9 Å². The minimum absolute atomic E-state index is 0.195. The van der Waals surface area contributed by atoms with Crippen molar-refractivity contribution in [3.63, 3.8) is 0 Å². The average molecular weight is 353 g/mol. The molecule has 26 heavy (non-hydrogen) atoms. The molecule has 5 heteroatoms. The van der Waals surface area contributed by atoms with Gasteiger partial charge in [-0.2, -0.15) is 0 Å². The van der Waals surface area contributed by atoms with E-state index < -0.39 is 0 Å². The van der Waals surface area contributed by atoms with Crippen molar-refractivity contribution >= 4 is 23.4 Å². The smallest absolute Gasteiger partial charge is 0.230 e. The lowest BCUT2D eigenvalue weighted by Gasteiger charge is -2.38. The van der Waals surface area contributed by atoms with Crippen LogP contribution in [0.2, 0.25) is 0 Å². The summed E-state index contributed by atoms with van der Waals surface area (Å²) in [4.78, 5) is 14.9. The average Bonchev–Trinajstić information content (AvgIpc) is 3.44. The quantitative estimate of drug-likeness (QED) is 0.793. The molecule has 2 aliphatic carbocycles. The molecule has 1 aliphatic heterocycles. The first kappa shape index (κ1) is 17.1. The fourth-order valence-electron chi connectivity index (χ4n) is 3.90. The highest BCUT2D eigenvalue weighted by atomic mass is 16.5. The summed E-state index contributed by atoms with van der Waals surface area (Å²) in [5.41, 5.74) is 9.35. The lowest BCUT2D eigenvalue weighted by atomic mass is 9.90. The Balaban J connectivity index is 1.80. The van der Waals surface area contributed by atoms with E-state index in [-0.39, 0.29) is 24.0 Å². The van der Waals surface area contributed by atoms with Gasteiger partial charge in [0.2, 0.25) is 5.91 Å². The number of allylic oxidation sites excluding steroid dienone is 1. The molecule has 4 rings (SSSR count). The van der Waals surface area contributed by atoms with Crippen molar-refractivity contribution in [2.45, 2.75) is 64.0 Å². The number of ether oxygens (including phenoxy) is 1. The minimum atomic E-state index is 0.195. The van der Waals surface area contributed by atoms with Crippen molar-refractivity contribution in [2.75, 3.05) is 4.90 Å². The molecule has 1 aromatic carbocycles. The number of hydrogen-bond acceptors (Lipinski definition) is 4. The molecular weight excluding hydrogens is 326 g/mol. The van der Waals surface area contributed by atoms with Gasteiger partial charge in [0.15, 0.2) is 0 Å². The van der Waals surface area contributed by atoms with Gasteiger partial charge in [0.1, 0.15) is 5.75 Å². The molecule has 2 fully saturated rings. The summed E-state index contributed by atoms with van der Waals surface area (Å²) in [7, 11) is 0. The highest BCUT2D eigenvalue weighted by Crippen LogP contribution is 2.44. The first-order chi connectivity index (χ1) is 12.6. The van der Waals surface area contributed by atoms with Crippen LogP contribution in [0.4, 0.5) is 5.69 Å². The number of nitrogens with zero attached hydrogens (tertiary/aromatic N) is 1. The third-order valence-corrected chi connectivity index (χ3v) is 5.89. The van der Waals surface area contributed by atoms with Crippen molar-refractivity contribution < 1.29 is 9.53 Å². The highest BCUT2D eigenvalue weighted by Gasteiger charge is 2.39. The van der Waals surface area contributed by atoms with Gasteiger partial charge < -0.3 is 20.8 Å². The van der Waals surface area contributed by atoms with Gasteiger partial charge in [0.25, 0.3) is 0 Å². The molecule has 0 spiro atoms. The van der Waals surface area contributed by atoms with Gasteiger partial charge in [-0.05, 0) is 64.0 Å². The van der Waals surface area contributed by atoms with E-state index in [1.165, 1.54) is 18.8 Å². The fourth-order valence-corrected chi connectivity index (χ4v) is 3.90. The molecule has 2 saturated carbocycles. The Morgan fingerprint density at radius 3 is 2.62 bits per heavy atom. The van der Waals surface area contributed by atoms with Gasteiger partial charge in [-0.3, -0.25) is 4.79 Å². The van der Waals surface area contributed by atoms with Crippen LogP contribution in [0, 0.1) is 11.3 Å². The topological polar surface area (TPSA) is 79.4 Å². The van der Waals surface area contributed by atoms with Crippen LogP contribution >= 0.6 is 0 Å². The number of anilines is 1. The maximum atomic E-state index is 12.9. The number of amides is 1. The highest BCUT2D eigenvalue weighted by molar-refractivity contribution is 6.10. The standard InChI is InChI=1S/C21H27N3O2/c1-13-5-8-18-19(24(13)21(25)14-6-7-14)10-9-17(15(11-22)12-23)20(18)26-16-3-2-4-16/h9-14,16,22H,2-8,23H2,1H3/b15-12+,22-11?. The molecule has 3 N–H and O–H groups in total. The van der Waals surface area contributed by atoms with Crippen molar-refractivity contribution in [1.29, 1.82) is 5.41 Å². The molecule has 1 heterocycles. The molecule has 0 saturated heterocycles. The van der Waals surface area contributed by atoms with Gasteiger partial charge in [-0.15, -0.1) is 0 Å². The van der Waals surface area contributed by atoms with Gasteiger partial charge in [0.05, 0.1) is 11.8 Å². The zero-order chi connectivity index (χ0) is 18.3. The van der Waals surface area contributed by atoms with Crippen molar-refractivity contribution in [2.24, 2.45) is 11.7 Å². The van der Waals surface area contributed by atoms with E-state index in [0.29, 0.717) is 5.57 Å². The fraction of sp³-hybridized carbons (Fsp3) is 0.524. The van der Waals surface area contributed by atoms with E-state index in [1.54, 1.807) is 0 Å². The Kier molecular flexibility index (Phi) is 4.47. The molecule has 5 nitrogen and oxygen atoms in total. The Morgan fingerprint density at radius 1 is 1.27 bits per heavy atom. The summed E-state index contributed by atoms with van der Waals surface area (Å²) in [6.07, 6.45) is 10.1. The molecule has 1 unspecified atom stereocenters.